The third kappa shape index (κ3) is 4.58. The lowest BCUT2D eigenvalue weighted by Gasteiger charge is -2.53. The van der Waals surface area contributed by atoms with Gasteiger partial charge in [0.2, 0.25) is 11.7 Å². The van der Waals surface area contributed by atoms with Crippen molar-refractivity contribution >= 4 is 23.2 Å². The summed E-state index contributed by atoms with van der Waals surface area (Å²) >= 11 is 0. The Morgan fingerprint density at radius 1 is 1.09 bits per heavy atom. The van der Waals surface area contributed by atoms with Crippen LogP contribution in [0.2, 0.25) is 0 Å². The minimum atomic E-state index is -2.67. The lowest BCUT2D eigenvalue weighted by molar-refractivity contribution is -0.184. The van der Waals surface area contributed by atoms with Crippen LogP contribution >= 0.6 is 0 Å². The fourth-order valence-corrected chi connectivity index (χ4v) is 7.68. The average Bonchev–Trinajstić information content (AvgIpc) is 2.96. The number of ether oxygens (including phenoxy) is 1. The van der Waals surface area contributed by atoms with Crippen molar-refractivity contribution in [2.24, 2.45) is 23.5 Å². The molecule has 2 aromatic rings. The zero-order valence-electron chi connectivity index (χ0n) is 24.2. The molecule has 1 aliphatic heterocycles. The van der Waals surface area contributed by atoms with Crippen LogP contribution in [0.15, 0.2) is 42.0 Å². The fourth-order valence-electron chi connectivity index (χ4n) is 7.68. The van der Waals surface area contributed by atoms with E-state index in [-0.39, 0.29) is 29.7 Å². The van der Waals surface area contributed by atoms with E-state index < -0.39 is 58.7 Å². The predicted molar refractivity (Wildman–Crippen MR) is 156 cm³/mol. The molecule has 43 heavy (non-hydrogen) atoms. The molecule has 6 rings (SSSR count). The highest BCUT2D eigenvalue weighted by molar-refractivity contribution is 6.25. The summed E-state index contributed by atoms with van der Waals surface area (Å²) in [5.74, 6) is -7.53. The quantitative estimate of drug-likeness (QED) is 0.310. The molecule has 0 radical (unpaired) electrons. The summed E-state index contributed by atoms with van der Waals surface area (Å²) in [6.07, 6.45) is -1.20. The Morgan fingerprint density at radius 3 is 2.40 bits per heavy atom. The number of rotatable bonds is 5. The lowest BCUT2D eigenvalue weighted by Crippen LogP contribution is -2.73. The zero-order chi connectivity index (χ0) is 30.8. The molecule has 2 unspecified atom stereocenters. The van der Waals surface area contributed by atoms with Crippen LogP contribution in [0.4, 0.5) is 0 Å². The molecule has 0 aromatic heterocycles. The molecule has 1 heterocycles. The highest BCUT2D eigenvalue weighted by Crippen LogP contribution is 2.53. The lowest BCUT2D eigenvalue weighted by atomic mass is 9.54. The van der Waals surface area contributed by atoms with Gasteiger partial charge in [-0.25, -0.2) is 0 Å². The summed E-state index contributed by atoms with van der Waals surface area (Å²) in [5, 5.41) is 45.2. The maximum Gasteiger partial charge on any atom is 0.230 e. The van der Waals surface area contributed by atoms with Crippen LogP contribution in [0.25, 0.3) is 16.9 Å². The molecule has 228 valence electrons. The molecule has 0 bridgehead atoms. The van der Waals surface area contributed by atoms with Gasteiger partial charge in [-0.2, -0.15) is 0 Å². The average molecular weight is 592 g/mol. The van der Waals surface area contributed by atoms with E-state index >= 15 is 0 Å². The number of carbonyl (C=O) groups excluding carboxylic acids is 3. The number of aliphatic hydroxyl groups is 3. The molecule has 11 heteroatoms. The van der Waals surface area contributed by atoms with Gasteiger partial charge >= 0.3 is 0 Å². The van der Waals surface area contributed by atoms with Gasteiger partial charge in [0.1, 0.15) is 17.4 Å². The summed E-state index contributed by atoms with van der Waals surface area (Å²) < 4.78 is 5.44. The first kappa shape index (κ1) is 29.5. The van der Waals surface area contributed by atoms with Crippen LogP contribution in [0.3, 0.4) is 0 Å². The number of phenolic OH excluding ortho intramolecular Hbond substituents is 1. The molecule has 0 spiro atoms. The molecule has 1 amide bonds. The molecular formula is C32H37N3O8. The van der Waals surface area contributed by atoms with Crippen molar-refractivity contribution in [2.75, 3.05) is 40.4 Å². The van der Waals surface area contributed by atoms with E-state index in [1.807, 2.05) is 24.3 Å². The van der Waals surface area contributed by atoms with Crippen LogP contribution in [-0.2, 0) is 32.1 Å². The number of amides is 1. The van der Waals surface area contributed by atoms with Crippen molar-refractivity contribution in [3.05, 3.63) is 58.7 Å². The number of hydrogen-bond donors (Lipinski definition) is 5. The van der Waals surface area contributed by atoms with E-state index in [0.717, 1.165) is 36.3 Å². The number of nitrogens with zero attached hydrogens (tertiary/aromatic N) is 2. The molecule has 4 aliphatic rings. The Kier molecular flexibility index (Phi) is 7.42. The Hall–Kier alpha value is -3.61. The number of ketones is 2. The van der Waals surface area contributed by atoms with Crippen molar-refractivity contribution in [1.29, 1.82) is 0 Å². The predicted octanol–water partition coefficient (Wildman–Crippen LogP) is 0.628. The van der Waals surface area contributed by atoms with E-state index in [0.29, 0.717) is 18.8 Å². The van der Waals surface area contributed by atoms with Crippen LogP contribution in [0.1, 0.15) is 23.1 Å². The smallest absolute Gasteiger partial charge is 0.230 e. The van der Waals surface area contributed by atoms with Gasteiger partial charge in [0.25, 0.3) is 0 Å². The van der Waals surface area contributed by atoms with Gasteiger partial charge in [-0.3, -0.25) is 19.3 Å². The molecule has 2 aromatic carbocycles. The number of fused-ring (bicyclic) bond motifs is 3. The van der Waals surface area contributed by atoms with Crippen molar-refractivity contribution in [1.82, 2.24) is 9.80 Å². The second-order valence-corrected chi connectivity index (χ2v) is 12.4. The third-order valence-electron chi connectivity index (χ3n) is 9.75. The Labute approximate surface area is 249 Å². The minimum Gasteiger partial charge on any atom is -0.507 e. The normalized spacial score (nSPS) is 31.0. The number of nitrogens with two attached hydrogens (primary N) is 1. The van der Waals surface area contributed by atoms with Crippen molar-refractivity contribution in [3.63, 3.8) is 0 Å². The van der Waals surface area contributed by atoms with E-state index in [4.69, 9.17) is 10.5 Å². The summed E-state index contributed by atoms with van der Waals surface area (Å²) in [6.45, 7) is 3.97. The molecule has 3 aliphatic carbocycles. The first-order valence-electron chi connectivity index (χ1n) is 14.6. The Balaban J connectivity index is 1.40. The Bertz CT molecular complexity index is 1510. The minimum absolute atomic E-state index is 0.0752. The highest BCUT2D eigenvalue weighted by atomic mass is 16.5. The zero-order valence-corrected chi connectivity index (χ0v) is 24.2. The first-order valence-corrected chi connectivity index (χ1v) is 14.6. The van der Waals surface area contributed by atoms with Gasteiger partial charge < -0.3 is 35.8 Å². The van der Waals surface area contributed by atoms with E-state index in [1.54, 1.807) is 25.1 Å². The number of aliphatic hydroxyl groups excluding tert-OH is 2. The van der Waals surface area contributed by atoms with E-state index in [1.165, 1.54) is 6.07 Å². The molecule has 2 saturated carbocycles. The number of morpholine rings is 1. The number of phenols is 1. The van der Waals surface area contributed by atoms with Crippen molar-refractivity contribution in [2.45, 2.75) is 37.1 Å². The van der Waals surface area contributed by atoms with Crippen molar-refractivity contribution in [3.8, 4) is 16.9 Å². The number of carbonyl (C=O) groups is 3. The number of hydrogen-bond acceptors (Lipinski definition) is 10. The topological polar surface area (TPSA) is 174 Å². The van der Waals surface area contributed by atoms with Gasteiger partial charge in [0.05, 0.1) is 24.9 Å². The number of likely N-dealkylation sites (N-methyl/N-ethyl adjacent to an activating group) is 1. The number of primary amides is 1. The van der Waals surface area contributed by atoms with E-state index in [2.05, 4.69) is 4.90 Å². The number of Topliss-reactive ketones (excluding diaryl/α,β-unsaturated/α-hetero) is 2. The molecule has 11 nitrogen and oxygen atoms in total. The van der Waals surface area contributed by atoms with Gasteiger partial charge in [0, 0.05) is 37.2 Å². The van der Waals surface area contributed by atoms with Crippen LogP contribution in [-0.4, -0.2) is 106 Å². The van der Waals surface area contributed by atoms with Crippen molar-refractivity contribution < 1.29 is 39.5 Å². The molecule has 1 saturated heterocycles. The molecule has 6 atom stereocenters. The number of aromatic hydroxyl groups is 1. The molecule has 6 N–H and O–H groups in total. The van der Waals surface area contributed by atoms with Gasteiger partial charge in [0.15, 0.2) is 11.4 Å². The van der Waals surface area contributed by atoms with Gasteiger partial charge in [-0.1, -0.05) is 30.3 Å². The van der Waals surface area contributed by atoms with Gasteiger partial charge in [-0.15, -0.1) is 0 Å². The maximum atomic E-state index is 14.0. The standard InChI is InChI=1S/C32H37N3O8/c1-34(2)26-21-14-18-13-20-19(17-5-3-16(4-6-17)15-35-9-11-43-12-10-35)7-8-22(36)24(20)27(37)23(18)29(39)32(21,42)30(40)25(28(26)38)31(33)41/h3-8,18,21,25-26,28,36-38,42H,9-15H2,1-2H3,(H2,33,41)/t18-,21-,25?,26-,28?,32-/m1/s1. The van der Waals surface area contributed by atoms with E-state index in [9.17, 15) is 34.8 Å². The second kappa shape index (κ2) is 10.8. The van der Waals surface area contributed by atoms with Gasteiger partial charge in [-0.05, 0) is 61.2 Å². The largest absolute Gasteiger partial charge is 0.507 e. The van der Waals surface area contributed by atoms with Crippen LogP contribution in [0.5, 0.6) is 5.75 Å². The van der Waals surface area contributed by atoms with Crippen LogP contribution in [0, 0.1) is 17.8 Å². The first-order chi connectivity index (χ1) is 20.4. The summed E-state index contributed by atoms with van der Waals surface area (Å²) in [7, 11) is 3.26. The molecular weight excluding hydrogens is 554 g/mol. The maximum absolute atomic E-state index is 14.0. The Morgan fingerprint density at radius 2 is 1.77 bits per heavy atom. The summed E-state index contributed by atoms with van der Waals surface area (Å²) in [5.41, 5.74) is 6.13. The SMILES string of the molecule is CN(C)[C@H]1C(O)C(C(N)=O)C(=O)[C@]2(O)C(=O)C3=C(O)c4c(O)ccc(-c5ccc(CN6CCOCC6)cc5)c4C[C@@H]3C[C@H]12. The monoisotopic (exact) mass is 591 g/mol. The second-order valence-electron chi connectivity index (χ2n) is 12.4. The molecule has 3 fully saturated rings. The third-order valence-corrected chi connectivity index (χ3v) is 9.75. The summed E-state index contributed by atoms with van der Waals surface area (Å²) in [4.78, 5) is 43.6. The number of benzene rings is 2. The fraction of sp³-hybridized carbons (Fsp3) is 0.469. The summed E-state index contributed by atoms with van der Waals surface area (Å²) in [6, 6.07) is 10.4. The van der Waals surface area contributed by atoms with Crippen LogP contribution < -0.4 is 5.73 Å². The highest BCUT2D eigenvalue weighted by Gasteiger charge is 2.67.